The number of nitriles is 1. The van der Waals surface area contributed by atoms with Gasteiger partial charge in [-0.3, -0.25) is 4.79 Å². The van der Waals surface area contributed by atoms with Crippen molar-refractivity contribution in [1.82, 2.24) is 4.98 Å². The highest BCUT2D eigenvalue weighted by Gasteiger charge is 2.21. The third-order valence-corrected chi connectivity index (χ3v) is 2.11. The maximum Gasteiger partial charge on any atom is 0.219 e. The molecule has 1 amide bonds. The largest absolute Gasteiger partial charge is 0.396 e. The Balaban J connectivity index is 2.89. The van der Waals surface area contributed by atoms with Crippen molar-refractivity contribution in [2.75, 3.05) is 11.1 Å². The molecule has 0 aliphatic carbocycles. The van der Waals surface area contributed by atoms with Crippen LogP contribution in [-0.4, -0.2) is 16.4 Å². The summed E-state index contributed by atoms with van der Waals surface area (Å²) in [6.07, 6.45) is 0.168. The molecule has 17 heavy (non-hydrogen) atoms. The molecule has 1 heterocycles. The number of carbonyl (C=O) groups excluding carboxylic acids is 1. The lowest BCUT2D eigenvalue weighted by Gasteiger charge is -2.25. The van der Waals surface area contributed by atoms with Gasteiger partial charge in [0, 0.05) is 12.0 Å². The van der Waals surface area contributed by atoms with Gasteiger partial charge in [-0.2, -0.15) is 5.26 Å². The van der Waals surface area contributed by atoms with E-state index in [1.165, 1.54) is 0 Å². The number of nitrogens with one attached hydrogen (secondary N) is 1. The zero-order valence-corrected chi connectivity index (χ0v) is 9.82. The number of aromatic nitrogens is 1. The van der Waals surface area contributed by atoms with Gasteiger partial charge in [-0.25, -0.2) is 4.98 Å². The summed E-state index contributed by atoms with van der Waals surface area (Å²) in [5, 5.41) is 11.8. The van der Waals surface area contributed by atoms with E-state index >= 15 is 0 Å². The zero-order valence-electron chi connectivity index (χ0n) is 9.82. The third-order valence-electron chi connectivity index (χ3n) is 2.11. The van der Waals surface area contributed by atoms with Gasteiger partial charge in [0.25, 0.3) is 0 Å². The van der Waals surface area contributed by atoms with Crippen LogP contribution in [0.3, 0.4) is 0 Å². The lowest BCUT2D eigenvalue weighted by molar-refractivity contribution is -0.118. The van der Waals surface area contributed by atoms with Crippen molar-refractivity contribution in [2.45, 2.75) is 25.8 Å². The predicted molar refractivity (Wildman–Crippen MR) is 64.9 cm³/mol. The van der Waals surface area contributed by atoms with Gasteiger partial charge in [-0.15, -0.1) is 0 Å². The quantitative estimate of drug-likeness (QED) is 0.703. The molecule has 0 aliphatic rings. The molecule has 0 saturated heterocycles. The minimum absolute atomic E-state index is 0.157. The zero-order chi connectivity index (χ0) is 13.1. The van der Waals surface area contributed by atoms with Crippen LogP contribution in [0.25, 0.3) is 0 Å². The lowest BCUT2D eigenvalue weighted by Crippen LogP contribution is -2.36. The Kier molecular flexibility index (Phi) is 3.53. The van der Waals surface area contributed by atoms with Crippen LogP contribution >= 0.6 is 0 Å². The second kappa shape index (κ2) is 4.70. The Labute approximate surface area is 99.6 Å². The van der Waals surface area contributed by atoms with Crippen LogP contribution in [0.1, 0.15) is 26.0 Å². The number of hydrogen-bond donors (Lipinski definition) is 3. The molecule has 5 N–H and O–H groups in total. The van der Waals surface area contributed by atoms with E-state index in [1.54, 1.807) is 12.1 Å². The van der Waals surface area contributed by atoms with Gasteiger partial charge in [-0.1, -0.05) is 0 Å². The molecule has 1 aromatic heterocycles. The summed E-state index contributed by atoms with van der Waals surface area (Å²) in [6.45, 7) is 3.64. The summed E-state index contributed by atoms with van der Waals surface area (Å²) in [4.78, 5) is 14.9. The van der Waals surface area contributed by atoms with Crippen LogP contribution in [0.2, 0.25) is 0 Å². The van der Waals surface area contributed by atoms with Crippen molar-refractivity contribution in [3.8, 4) is 6.07 Å². The maximum absolute atomic E-state index is 10.9. The first kappa shape index (κ1) is 12.8. The fourth-order valence-corrected chi connectivity index (χ4v) is 1.46. The minimum atomic E-state index is -0.526. The van der Waals surface area contributed by atoms with Crippen molar-refractivity contribution < 1.29 is 4.79 Å². The van der Waals surface area contributed by atoms with E-state index in [2.05, 4.69) is 10.3 Å². The first-order chi connectivity index (χ1) is 7.84. The first-order valence-corrected chi connectivity index (χ1v) is 5.07. The van der Waals surface area contributed by atoms with Crippen LogP contribution in [0.4, 0.5) is 11.5 Å². The number of nitrogen functional groups attached to an aromatic ring is 1. The molecular weight excluding hydrogens is 218 g/mol. The van der Waals surface area contributed by atoms with Crippen molar-refractivity contribution in [2.24, 2.45) is 5.73 Å². The molecule has 0 aliphatic heterocycles. The van der Waals surface area contributed by atoms with E-state index in [-0.39, 0.29) is 12.1 Å². The maximum atomic E-state index is 10.9. The summed E-state index contributed by atoms with van der Waals surface area (Å²) in [6, 6.07) is 5.14. The van der Waals surface area contributed by atoms with E-state index in [0.717, 1.165) is 0 Å². The molecule has 0 saturated carbocycles. The van der Waals surface area contributed by atoms with E-state index in [4.69, 9.17) is 16.7 Å². The van der Waals surface area contributed by atoms with Gasteiger partial charge >= 0.3 is 0 Å². The van der Waals surface area contributed by atoms with E-state index < -0.39 is 11.4 Å². The lowest BCUT2D eigenvalue weighted by atomic mass is 10.0. The molecule has 0 unspecified atom stereocenters. The fraction of sp³-hybridized carbons (Fsp3) is 0.364. The van der Waals surface area contributed by atoms with Crippen molar-refractivity contribution in [3.63, 3.8) is 0 Å². The monoisotopic (exact) mass is 233 g/mol. The van der Waals surface area contributed by atoms with Gasteiger partial charge in [0.15, 0.2) is 5.69 Å². The smallest absolute Gasteiger partial charge is 0.219 e. The summed E-state index contributed by atoms with van der Waals surface area (Å²) in [7, 11) is 0. The molecule has 1 rings (SSSR count). The summed E-state index contributed by atoms with van der Waals surface area (Å²) in [5.41, 5.74) is 10.7. The first-order valence-electron chi connectivity index (χ1n) is 5.07. The molecule has 0 fully saturated rings. The van der Waals surface area contributed by atoms with E-state index in [9.17, 15) is 4.79 Å². The standard InChI is InChI=1S/C11H15N5O/c1-11(2,5-9(14)17)16-10-4-3-7(13)8(6-12)15-10/h3-4H,5,13H2,1-2H3,(H2,14,17)(H,15,16). The number of pyridine rings is 1. The van der Waals surface area contributed by atoms with Gasteiger partial charge in [0.05, 0.1) is 5.69 Å². The molecule has 90 valence electrons. The highest BCUT2D eigenvalue weighted by atomic mass is 16.1. The van der Waals surface area contributed by atoms with Crippen molar-refractivity contribution in [1.29, 1.82) is 5.26 Å². The average molecular weight is 233 g/mol. The van der Waals surface area contributed by atoms with Crippen molar-refractivity contribution >= 4 is 17.4 Å². The number of amides is 1. The number of carbonyl (C=O) groups is 1. The van der Waals surface area contributed by atoms with Crippen LogP contribution in [0.15, 0.2) is 12.1 Å². The molecular formula is C11H15N5O. The molecule has 0 atom stereocenters. The SMILES string of the molecule is CC(C)(CC(N)=O)Nc1ccc(N)c(C#N)n1. The Morgan fingerprint density at radius 3 is 2.76 bits per heavy atom. The van der Waals surface area contributed by atoms with Gasteiger partial charge in [-0.05, 0) is 26.0 Å². The average Bonchev–Trinajstić information content (AvgIpc) is 2.18. The number of anilines is 2. The normalized spacial score (nSPS) is 10.6. The van der Waals surface area contributed by atoms with Gasteiger partial charge < -0.3 is 16.8 Å². The number of nitrogens with zero attached hydrogens (tertiary/aromatic N) is 2. The molecule has 0 aromatic carbocycles. The Bertz CT molecular complexity index is 475. The van der Waals surface area contributed by atoms with Crippen molar-refractivity contribution in [3.05, 3.63) is 17.8 Å². The summed E-state index contributed by atoms with van der Waals surface area (Å²) < 4.78 is 0. The van der Waals surface area contributed by atoms with Crippen LogP contribution in [-0.2, 0) is 4.79 Å². The third kappa shape index (κ3) is 3.65. The summed E-state index contributed by atoms with van der Waals surface area (Å²) >= 11 is 0. The predicted octanol–water partition coefficient (Wildman–Crippen LogP) is 0.601. The number of primary amides is 1. The fourth-order valence-electron chi connectivity index (χ4n) is 1.46. The number of rotatable bonds is 4. The van der Waals surface area contributed by atoms with Crippen LogP contribution < -0.4 is 16.8 Å². The molecule has 0 bridgehead atoms. The molecule has 1 aromatic rings. The second-order valence-electron chi connectivity index (χ2n) is 4.40. The summed E-state index contributed by atoms with van der Waals surface area (Å²) in [5.74, 6) is 0.0838. The molecule has 6 nitrogen and oxygen atoms in total. The van der Waals surface area contributed by atoms with Crippen LogP contribution in [0.5, 0.6) is 0 Å². The number of hydrogen-bond acceptors (Lipinski definition) is 5. The minimum Gasteiger partial charge on any atom is -0.396 e. The Morgan fingerprint density at radius 2 is 2.24 bits per heavy atom. The Morgan fingerprint density at radius 1 is 1.59 bits per heavy atom. The second-order valence-corrected chi connectivity index (χ2v) is 4.40. The van der Waals surface area contributed by atoms with E-state index in [0.29, 0.717) is 11.5 Å². The van der Waals surface area contributed by atoms with Gasteiger partial charge in [0.1, 0.15) is 11.9 Å². The van der Waals surface area contributed by atoms with E-state index in [1.807, 2.05) is 19.9 Å². The highest BCUT2D eigenvalue weighted by Crippen LogP contribution is 2.18. The van der Waals surface area contributed by atoms with Crippen LogP contribution in [0, 0.1) is 11.3 Å². The molecule has 0 radical (unpaired) electrons. The Hall–Kier alpha value is -2.29. The number of nitrogens with two attached hydrogens (primary N) is 2. The van der Waals surface area contributed by atoms with Gasteiger partial charge in [0.2, 0.25) is 5.91 Å². The molecule has 6 heteroatoms. The topological polar surface area (TPSA) is 118 Å². The molecule has 0 spiro atoms. The highest BCUT2D eigenvalue weighted by molar-refractivity contribution is 5.75.